The summed E-state index contributed by atoms with van der Waals surface area (Å²) in [5.41, 5.74) is 1.86. The van der Waals surface area contributed by atoms with Crippen molar-refractivity contribution in [1.29, 1.82) is 0 Å². The molecule has 1 atom stereocenters. The zero-order valence-electron chi connectivity index (χ0n) is 11.6. The maximum Gasteiger partial charge on any atom is 0.187 e. The lowest BCUT2D eigenvalue weighted by atomic mass is 9.99. The van der Waals surface area contributed by atoms with Crippen LogP contribution in [0.2, 0.25) is 0 Å². The fraction of sp³-hybridized carbons (Fsp3) is 0.294. The molecule has 1 N–H and O–H groups in total. The van der Waals surface area contributed by atoms with E-state index >= 15 is 0 Å². The summed E-state index contributed by atoms with van der Waals surface area (Å²) >= 11 is 0. The zero-order valence-corrected chi connectivity index (χ0v) is 11.6. The molecule has 0 aliphatic carbocycles. The highest BCUT2D eigenvalue weighted by molar-refractivity contribution is 5.30. The Morgan fingerprint density at radius 3 is 2.43 bits per heavy atom. The quantitative estimate of drug-likeness (QED) is 0.932. The van der Waals surface area contributed by atoms with Crippen molar-refractivity contribution in [3.8, 4) is 5.75 Å². The highest BCUT2D eigenvalue weighted by atomic mass is 19.1. The van der Waals surface area contributed by atoms with Gasteiger partial charge in [0, 0.05) is 13.1 Å². The molecule has 3 rings (SSSR count). The molecule has 2 nitrogen and oxygen atoms in total. The van der Waals surface area contributed by atoms with Gasteiger partial charge in [-0.3, -0.25) is 4.90 Å². The molecule has 0 radical (unpaired) electrons. The number of phenolic OH excluding ortho intramolecular Hbond substituents is 1. The summed E-state index contributed by atoms with van der Waals surface area (Å²) in [4.78, 5) is 2.18. The first-order valence-corrected chi connectivity index (χ1v) is 7.07. The molecule has 1 saturated heterocycles. The van der Waals surface area contributed by atoms with Crippen LogP contribution in [0.15, 0.2) is 42.5 Å². The fourth-order valence-electron chi connectivity index (χ4n) is 2.94. The highest BCUT2D eigenvalue weighted by Gasteiger charge is 2.24. The van der Waals surface area contributed by atoms with Crippen LogP contribution >= 0.6 is 0 Å². The molecule has 4 heteroatoms. The van der Waals surface area contributed by atoms with Gasteiger partial charge < -0.3 is 5.11 Å². The van der Waals surface area contributed by atoms with Gasteiger partial charge in [-0.2, -0.15) is 0 Å². The molecule has 1 heterocycles. The number of likely N-dealkylation sites (tertiary alicyclic amines) is 1. The van der Waals surface area contributed by atoms with E-state index in [-0.39, 0.29) is 0 Å². The second-order valence-electron chi connectivity index (χ2n) is 5.54. The number of nitrogens with zero attached hydrogens (tertiary/aromatic N) is 1. The van der Waals surface area contributed by atoms with E-state index in [9.17, 15) is 8.78 Å². The Labute approximate surface area is 122 Å². The van der Waals surface area contributed by atoms with Gasteiger partial charge >= 0.3 is 0 Å². The molecule has 1 fully saturated rings. The molecule has 0 aromatic heterocycles. The fourth-order valence-corrected chi connectivity index (χ4v) is 2.94. The molecule has 1 aliphatic rings. The normalized spacial score (nSPS) is 19.0. The van der Waals surface area contributed by atoms with Crippen LogP contribution in [-0.4, -0.2) is 23.1 Å². The van der Waals surface area contributed by atoms with E-state index in [1.54, 1.807) is 0 Å². The Balaban J connectivity index is 1.68. The zero-order chi connectivity index (χ0) is 14.8. The summed E-state index contributed by atoms with van der Waals surface area (Å²) in [5, 5.41) is 9.12. The smallest absolute Gasteiger partial charge is 0.187 e. The second kappa shape index (κ2) is 5.82. The van der Waals surface area contributed by atoms with Crippen LogP contribution in [0.5, 0.6) is 5.75 Å². The van der Waals surface area contributed by atoms with E-state index in [2.05, 4.69) is 17.0 Å². The largest absolute Gasteiger partial charge is 0.503 e. The van der Waals surface area contributed by atoms with E-state index in [0.717, 1.165) is 19.5 Å². The van der Waals surface area contributed by atoms with Crippen molar-refractivity contribution < 1.29 is 13.9 Å². The number of aromatic hydroxyl groups is 1. The van der Waals surface area contributed by atoms with Crippen LogP contribution in [-0.2, 0) is 6.54 Å². The maximum absolute atomic E-state index is 13.3. The first-order chi connectivity index (χ1) is 10.1. The molecule has 1 aliphatic heterocycles. The van der Waals surface area contributed by atoms with Crippen molar-refractivity contribution in [2.24, 2.45) is 0 Å². The van der Waals surface area contributed by atoms with E-state index in [0.29, 0.717) is 18.0 Å². The van der Waals surface area contributed by atoms with Crippen molar-refractivity contribution in [3.05, 3.63) is 65.2 Å². The number of hydrogen-bond donors (Lipinski definition) is 1. The third kappa shape index (κ3) is 3.05. The lowest BCUT2D eigenvalue weighted by Crippen LogP contribution is -2.20. The van der Waals surface area contributed by atoms with Crippen molar-refractivity contribution in [1.82, 2.24) is 4.90 Å². The molecule has 0 bridgehead atoms. The lowest BCUT2D eigenvalue weighted by Gasteiger charge is -2.16. The minimum absolute atomic E-state index is 0.470. The van der Waals surface area contributed by atoms with E-state index in [4.69, 9.17) is 5.11 Å². The van der Waals surface area contributed by atoms with E-state index < -0.39 is 17.4 Å². The Hall–Kier alpha value is -1.94. The predicted molar refractivity (Wildman–Crippen MR) is 77.1 cm³/mol. The van der Waals surface area contributed by atoms with Gasteiger partial charge in [0.1, 0.15) is 0 Å². The Morgan fingerprint density at radius 2 is 1.76 bits per heavy atom. The molecule has 1 unspecified atom stereocenters. The molecule has 0 saturated carbocycles. The summed E-state index contributed by atoms with van der Waals surface area (Å²) in [7, 11) is 0. The van der Waals surface area contributed by atoms with Gasteiger partial charge in [0.2, 0.25) is 0 Å². The molecular formula is C17H17F2NO. The third-order valence-corrected chi connectivity index (χ3v) is 4.03. The van der Waals surface area contributed by atoms with Gasteiger partial charge in [-0.15, -0.1) is 0 Å². The van der Waals surface area contributed by atoms with Crippen molar-refractivity contribution in [2.75, 3.05) is 13.1 Å². The van der Waals surface area contributed by atoms with Crippen molar-refractivity contribution in [2.45, 2.75) is 18.9 Å². The summed E-state index contributed by atoms with van der Waals surface area (Å²) in [6.45, 7) is 2.29. The van der Waals surface area contributed by atoms with Crippen LogP contribution < -0.4 is 0 Å². The van der Waals surface area contributed by atoms with Crippen molar-refractivity contribution >= 4 is 0 Å². The van der Waals surface area contributed by atoms with Gasteiger partial charge in [-0.05, 0) is 42.1 Å². The van der Waals surface area contributed by atoms with Crippen LogP contribution in [0.4, 0.5) is 8.78 Å². The van der Waals surface area contributed by atoms with Crippen molar-refractivity contribution in [3.63, 3.8) is 0 Å². The van der Waals surface area contributed by atoms with Gasteiger partial charge in [-0.1, -0.05) is 30.3 Å². The predicted octanol–water partition coefficient (Wildman–Crippen LogP) is 3.66. The Kier molecular flexibility index (Phi) is 3.88. The third-order valence-electron chi connectivity index (χ3n) is 4.03. The first-order valence-electron chi connectivity index (χ1n) is 7.07. The van der Waals surface area contributed by atoms with Crippen LogP contribution in [0.3, 0.4) is 0 Å². The average Bonchev–Trinajstić information content (AvgIpc) is 2.94. The van der Waals surface area contributed by atoms with Gasteiger partial charge in [0.05, 0.1) is 0 Å². The molecular weight excluding hydrogens is 272 g/mol. The number of hydrogen-bond acceptors (Lipinski definition) is 2. The summed E-state index contributed by atoms with van der Waals surface area (Å²) in [6.07, 6.45) is 1.05. The average molecular weight is 289 g/mol. The van der Waals surface area contributed by atoms with Crippen LogP contribution in [0.1, 0.15) is 23.5 Å². The number of rotatable bonds is 3. The summed E-state index contributed by atoms with van der Waals surface area (Å²) in [6, 6.07) is 12.7. The first kappa shape index (κ1) is 14.0. The Bertz CT molecular complexity index is 607. The van der Waals surface area contributed by atoms with Gasteiger partial charge in [0.25, 0.3) is 0 Å². The van der Waals surface area contributed by atoms with Gasteiger partial charge in [0.15, 0.2) is 17.4 Å². The van der Waals surface area contributed by atoms with Gasteiger partial charge in [-0.25, -0.2) is 8.78 Å². The second-order valence-corrected chi connectivity index (χ2v) is 5.54. The minimum Gasteiger partial charge on any atom is -0.503 e. The number of benzene rings is 2. The SMILES string of the molecule is Oc1c(F)cc(CN2CCC(c3ccccc3)C2)cc1F. The lowest BCUT2D eigenvalue weighted by molar-refractivity contribution is 0.324. The summed E-state index contributed by atoms with van der Waals surface area (Å²) in [5.74, 6) is -2.23. The molecule has 2 aromatic carbocycles. The maximum atomic E-state index is 13.3. The molecule has 21 heavy (non-hydrogen) atoms. The topological polar surface area (TPSA) is 23.5 Å². The number of halogens is 2. The van der Waals surface area contributed by atoms with E-state index in [1.165, 1.54) is 17.7 Å². The molecule has 110 valence electrons. The summed E-state index contributed by atoms with van der Waals surface area (Å²) < 4.78 is 26.7. The van der Waals surface area contributed by atoms with Crippen LogP contribution in [0, 0.1) is 11.6 Å². The standard InChI is InChI=1S/C17H17F2NO/c18-15-8-12(9-16(19)17(15)21)10-20-7-6-14(11-20)13-4-2-1-3-5-13/h1-5,8-9,14,21H,6-7,10-11H2. The molecule has 0 spiro atoms. The van der Waals surface area contributed by atoms with Crippen LogP contribution in [0.25, 0.3) is 0 Å². The minimum atomic E-state index is -0.901. The Morgan fingerprint density at radius 1 is 1.10 bits per heavy atom. The highest BCUT2D eigenvalue weighted by Crippen LogP contribution is 2.29. The monoisotopic (exact) mass is 289 g/mol. The molecule has 2 aromatic rings. The molecule has 0 amide bonds. The number of phenols is 1. The van der Waals surface area contributed by atoms with E-state index in [1.807, 2.05) is 18.2 Å².